The number of nitrogens with one attached hydrogen (secondary N) is 1. The first-order valence-corrected chi connectivity index (χ1v) is 18.7. The monoisotopic (exact) mass is 673 g/mol. The molecular formula is C32H42ClN6O4S2+. The molecule has 3 aromatic heterocycles. The van der Waals surface area contributed by atoms with E-state index in [-0.39, 0.29) is 24.2 Å². The third kappa shape index (κ3) is 7.05. The summed E-state index contributed by atoms with van der Waals surface area (Å²) in [5.41, 5.74) is 3.69. The second-order valence-electron chi connectivity index (χ2n) is 13.1. The van der Waals surface area contributed by atoms with E-state index >= 15 is 0 Å². The molecule has 0 spiro atoms. The van der Waals surface area contributed by atoms with Crippen molar-refractivity contribution in [2.24, 2.45) is 0 Å². The number of alkyl carbamates (subject to hydrolysis) is 1. The van der Waals surface area contributed by atoms with Crippen molar-refractivity contribution in [2.75, 3.05) is 36.9 Å². The molecule has 0 saturated carbocycles. The van der Waals surface area contributed by atoms with Crippen LogP contribution in [-0.4, -0.2) is 81.3 Å². The van der Waals surface area contributed by atoms with Crippen LogP contribution in [0.4, 0.5) is 10.6 Å². The van der Waals surface area contributed by atoms with Crippen LogP contribution in [-0.2, 0) is 38.4 Å². The zero-order chi connectivity index (χ0) is 31.9. The number of hydrogen-bond acceptors (Lipinski definition) is 9. The Balaban J connectivity index is 1.31. The Hall–Kier alpha value is -2.64. The van der Waals surface area contributed by atoms with Gasteiger partial charge in [-0.05, 0) is 63.4 Å². The molecule has 1 N–H and O–H groups in total. The SMILES string of the molecule is COCc1nc2ccc(-c3cn(COCC[S+](C)C)c4nc(N5[C@@H]6CC[C@H]5CC(NC(=O)OC(C)(C)C)C6)cnc34)c(Cl)c2s1. The van der Waals surface area contributed by atoms with Gasteiger partial charge < -0.3 is 29.0 Å². The Morgan fingerprint density at radius 3 is 2.60 bits per heavy atom. The molecule has 13 heteroatoms. The van der Waals surface area contributed by atoms with Gasteiger partial charge in [0.1, 0.15) is 34.4 Å². The number of aromatic nitrogens is 4. The predicted molar refractivity (Wildman–Crippen MR) is 184 cm³/mol. The van der Waals surface area contributed by atoms with Crippen molar-refractivity contribution in [2.45, 2.75) is 83.5 Å². The maximum absolute atomic E-state index is 12.5. The summed E-state index contributed by atoms with van der Waals surface area (Å²) in [5.74, 6) is 1.87. The second-order valence-corrected chi connectivity index (χ2v) is 16.9. The van der Waals surface area contributed by atoms with Crippen LogP contribution in [0.25, 0.3) is 32.5 Å². The number of carbonyl (C=O) groups excluding carboxylic acids is 1. The number of nitrogens with zero attached hydrogens (tertiary/aromatic N) is 5. The topological polar surface area (TPSA) is 104 Å². The predicted octanol–water partition coefficient (Wildman–Crippen LogP) is 6.38. The zero-order valence-corrected chi connectivity index (χ0v) is 29.2. The number of ether oxygens (including phenoxy) is 3. The number of amides is 1. The Kier molecular flexibility index (Phi) is 9.50. The maximum atomic E-state index is 12.5. The number of methoxy groups -OCH3 is 1. The number of benzene rings is 1. The van der Waals surface area contributed by atoms with Gasteiger partial charge in [-0.3, -0.25) is 0 Å². The van der Waals surface area contributed by atoms with Gasteiger partial charge in [-0.25, -0.2) is 19.7 Å². The maximum Gasteiger partial charge on any atom is 0.407 e. The lowest BCUT2D eigenvalue weighted by Crippen LogP contribution is -2.51. The molecule has 2 aliphatic heterocycles. The highest BCUT2D eigenvalue weighted by molar-refractivity contribution is 7.95. The largest absolute Gasteiger partial charge is 0.444 e. The summed E-state index contributed by atoms with van der Waals surface area (Å²) in [5, 5.41) is 4.64. The fourth-order valence-corrected chi connectivity index (χ4v) is 8.19. The molecule has 242 valence electrons. The van der Waals surface area contributed by atoms with Crippen molar-refractivity contribution < 1.29 is 19.0 Å². The summed E-state index contributed by atoms with van der Waals surface area (Å²) >= 11 is 8.59. The van der Waals surface area contributed by atoms with E-state index in [0.717, 1.165) is 74.8 Å². The molecule has 1 amide bonds. The summed E-state index contributed by atoms with van der Waals surface area (Å²) < 4.78 is 19.9. The first-order valence-electron chi connectivity index (χ1n) is 15.3. The molecule has 2 aliphatic rings. The third-order valence-electron chi connectivity index (χ3n) is 8.24. The fourth-order valence-electron chi connectivity index (χ4n) is 6.39. The molecule has 4 aromatic rings. The highest BCUT2D eigenvalue weighted by Crippen LogP contribution is 2.42. The Morgan fingerprint density at radius 2 is 1.91 bits per heavy atom. The smallest absolute Gasteiger partial charge is 0.407 e. The van der Waals surface area contributed by atoms with E-state index in [1.54, 1.807) is 18.4 Å². The van der Waals surface area contributed by atoms with Gasteiger partial charge in [-0.15, -0.1) is 11.3 Å². The van der Waals surface area contributed by atoms with Gasteiger partial charge in [0.25, 0.3) is 0 Å². The van der Waals surface area contributed by atoms with Crippen molar-refractivity contribution in [3.05, 3.63) is 34.6 Å². The molecule has 45 heavy (non-hydrogen) atoms. The number of fused-ring (bicyclic) bond motifs is 4. The highest BCUT2D eigenvalue weighted by Gasteiger charge is 2.42. The minimum Gasteiger partial charge on any atom is -0.444 e. The average molecular weight is 674 g/mol. The van der Waals surface area contributed by atoms with Crippen LogP contribution >= 0.6 is 22.9 Å². The molecule has 2 fully saturated rings. The van der Waals surface area contributed by atoms with Crippen LogP contribution in [0.5, 0.6) is 0 Å². The molecule has 3 atom stereocenters. The van der Waals surface area contributed by atoms with E-state index in [9.17, 15) is 4.79 Å². The van der Waals surface area contributed by atoms with Crippen LogP contribution in [0.1, 0.15) is 51.5 Å². The number of anilines is 1. The highest BCUT2D eigenvalue weighted by atomic mass is 35.5. The molecule has 6 rings (SSSR count). The van der Waals surface area contributed by atoms with Crippen molar-refractivity contribution in [3.63, 3.8) is 0 Å². The average Bonchev–Trinajstić information content (AvgIpc) is 3.62. The second kappa shape index (κ2) is 13.2. The molecule has 2 bridgehead atoms. The number of thiazole rings is 1. The number of piperidine rings is 1. The Bertz CT molecular complexity index is 1670. The minimum absolute atomic E-state index is 0.0732. The zero-order valence-electron chi connectivity index (χ0n) is 26.8. The first kappa shape index (κ1) is 32.3. The van der Waals surface area contributed by atoms with Gasteiger partial charge >= 0.3 is 6.09 Å². The lowest BCUT2D eigenvalue weighted by atomic mass is 9.97. The number of rotatable bonds is 10. The fraction of sp³-hybridized carbons (Fsp3) is 0.562. The lowest BCUT2D eigenvalue weighted by molar-refractivity contribution is 0.0492. The van der Waals surface area contributed by atoms with Crippen LogP contribution in [0.2, 0.25) is 5.02 Å². The van der Waals surface area contributed by atoms with Gasteiger partial charge in [0.05, 0.1) is 47.2 Å². The summed E-state index contributed by atoms with van der Waals surface area (Å²) in [4.78, 5) is 29.8. The standard InChI is InChI=1S/C32H41ClN6O4S2/c1-32(2,3)43-31(40)35-19-13-20-7-8-21(14-19)39(20)25-15-34-28-23(16-38(30(28)37-25)18-42-11-12-45(5)6)22-9-10-24-29(27(22)33)44-26(36-24)17-41-4/h9-10,15-16,19-21H,7-8,11-14,17-18H2,1-6H3/p+1/t19?,20-,21+. The van der Waals surface area contributed by atoms with E-state index in [1.165, 1.54) is 0 Å². The summed E-state index contributed by atoms with van der Waals surface area (Å²) in [6, 6.07) is 4.63. The Labute approximate surface area is 276 Å². The van der Waals surface area contributed by atoms with Gasteiger partial charge in [-0.1, -0.05) is 17.7 Å². The molecular weight excluding hydrogens is 632 g/mol. The van der Waals surface area contributed by atoms with Gasteiger partial charge in [-0.2, -0.15) is 0 Å². The Morgan fingerprint density at radius 1 is 1.16 bits per heavy atom. The third-order valence-corrected chi connectivity index (χ3v) is 10.8. The number of halogens is 1. The molecule has 5 heterocycles. The molecule has 0 aliphatic carbocycles. The van der Waals surface area contributed by atoms with Crippen LogP contribution in [0.3, 0.4) is 0 Å². The summed E-state index contributed by atoms with van der Waals surface area (Å²) in [6.07, 6.45) is 11.8. The van der Waals surface area contributed by atoms with E-state index < -0.39 is 5.60 Å². The van der Waals surface area contributed by atoms with Crippen molar-refractivity contribution in [3.8, 4) is 11.1 Å². The quantitative estimate of drug-likeness (QED) is 0.153. The van der Waals surface area contributed by atoms with Crippen LogP contribution in [0.15, 0.2) is 24.5 Å². The molecule has 1 aromatic carbocycles. The van der Waals surface area contributed by atoms with E-state index in [4.69, 9.17) is 35.8 Å². The van der Waals surface area contributed by atoms with Crippen LogP contribution in [0, 0.1) is 0 Å². The molecule has 10 nitrogen and oxygen atoms in total. The van der Waals surface area contributed by atoms with E-state index in [0.29, 0.717) is 35.9 Å². The van der Waals surface area contributed by atoms with Gasteiger partial charge in [0.15, 0.2) is 5.65 Å². The van der Waals surface area contributed by atoms with Crippen molar-refractivity contribution in [1.29, 1.82) is 0 Å². The van der Waals surface area contributed by atoms with Gasteiger partial charge in [0, 0.05) is 42.6 Å². The van der Waals surface area contributed by atoms with E-state index in [1.807, 2.05) is 43.7 Å². The first-order chi connectivity index (χ1) is 21.5. The summed E-state index contributed by atoms with van der Waals surface area (Å²) in [6.45, 7) is 7.15. The van der Waals surface area contributed by atoms with Gasteiger partial charge in [0.2, 0.25) is 0 Å². The molecule has 0 radical (unpaired) electrons. The molecule has 2 saturated heterocycles. The van der Waals surface area contributed by atoms with E-state index in [2.05, 4.69) is 33.9 Å². The van der Waals surface area contributed by atoms with Crippen molar-refractivity contribution in [1.82, 2.24) is 24.8 Å². The number of carbonyl (C=O) groups is 1. The normalized spacial score (nSPS) is 20.1. The minimum atomic E-state index is -0.523. The summed E-state index contributed by atoms with van der Waals surface area (Å²) in [7, 11) is 1.97. The van der Waals surface area contributed by atoms with Crippen LogP contribution < -0.4 is 10.2 Å². The molecule has 1 unspecified atom stereocenters. The lowest BCUT2D eigenvalue weighted by Gasteiger charge is -2.39. The van der Waals surface area contributed by atoms with Crippen molar-refractivity contribution >= 4 is 67.1 Å². The number of hydrogen-bond donors (Lipinski definition) is 1.